The molecule has 0 bridgehead atoms. The number of aromatic carboxylic acids is 1. The first-order chi connectivity index (χ1) is 7.70. The van der Waals surface area contributed by atoms with E-state index >= 15 is 0 Å². The first kappa shape index (κ1) is 10.6. The van der Waals surface area contributed by atoms with Gasteiger partial charge >= 0.3 is 5.97 Å². The second kappa shape index (κ2) is 4.31. The molecule has 0 saturated heterocycles. The molecule has 0 radical (unpaired) electrons. The van der Waals surface area contributed by atoms with Gasteiger partial charge in [-0.15, -0.1) is 0 Å². The van der Waals surface area contributed by atoms with Crippen molar-refractivity contribution in [2.45, 2.75) is 5.16 Å². The highest BCUT2D eigenvalue weighted by Gasteiger charge is 2.10. The van der Waals surface area contributed by atoms with E-state index in [2.05, 4.69) is 20.2 Å². The summed E-state index contributed by atoms with van der Waals surface area (Å²) < 4.78 is 0. The van der Waals surface area contributed by atoms with Gasteiger partial charge in [-0.25, -0.2) is 14.8 Å². The van der Waals surface area contributed by atoms with Gasteiger partial charge < -0.3 is 5.11 Å². The molecule has 2 aromatic rings. The van der Waals surface area contributed by atoms with Crippen molar-refractivity contribution < 1.29 is 9.90 Å². The van der Waals surface area contributed by atoms with Crippen LogP contribution in [0, 0.1) is 0 Å². The summed E-state index contributed by atoms with van der Waals surface area (Å²) in [6, 6.07) is 3.12. The lowest BCUT2D eigenvalue weighted by atomic mass is 10.3. The van der Waals surface area contributed by atoms with E-state index in [1.54, 1.807) is 12.3 Å². The molecule has 0 aliphatic carbocycles. The number of carbonyl (C=O) groups is 1. The molecule has 0 spiro atoms. The van der Waals surface area contributed by atoms with Crippen molar-refractivity contribution in [3.8, 4) is 11.4 Å². The zero-order chi connectivity index (χ0) is 11.5. The molecular formula is C9H8N4O2S. The molecule has 0 aliphatic rings. The summed E-state index contributed by atoms with van der Waals surface area (Å²) >= 11 is 1.41. The number of nitrogens with one attached hydrogen (secondary N) is 1. The lowest BCUT2D eigenvalue weighted by Crippen LogP contribution is -1.95. The van der Waals surface area contributed by atoms with Crippen LogP contribution in [0.2, 0.25) is 0 Å². The molecule has 16 heavy (non-hydrogen) atoms. The van der Waals surface area contributed by atoms with Crippen LogP contribution in [0.4, 0.5) is 0 Å². The van der Waals surface area contributed by atoms with Crippen LogP contribution < -0.4 is 0 Å². The minimum absolute atomic E-state index is 0.0410. The highest BCUT2D eigenvalue weighted by Crippen LogP contribution is 2.17. The van der Waals surface area contributed by atoms with Crippen LogP contribution >= 0.6 is 11.8 Å². The predicted molar refractivity (Wildman–Crippen MR) is 58.4 cm³/mol. The number of hydrogen-bond donors (Lipinski definition) is 2. The number of carboxylic acid groups (broad SMARTS) is 1. The lowest BCUT2D eigenvalue weighted by Gasteiger charge is -1.96. The Hall–Kier alpha value is -1.89. The summed E-state index contributed by atoms with van der Waals surface area (Å²) in [4.78, 5) is 18.9. The average Bonchev–Trinajstić information content (AvgIpc) is 2.78. The van der Waals surface area contributed by atoms with Crippen LogP contribution in [0.1, 0.15) is 10.5 Å². The van der Waals surface area contributed by atoms with Gasteiger partial charge in [-0.05, 0) is 12.3 Å². The van der Waals surface area contributed by atoms with Gasteiger partial charge in [0, 0.05) is 12.3 Å². The van der Waals surface area contributed by atoms with Crippen LogP contribution in [0.5, 0.6) is 0 Å². The van der Waals surface area contributed by atoms with Gasteiger partial charge in [-0.1, -0.05) is 11.8 Å². The Morgan fingerprint density at radius 1 is 1.50 bits per heavy atom. The minimum atomic E-state index is -1.04. The maximum Gasteiger partial charge on any atom is 0.353 e. The van der Waals surface area contributed by atoms with E-state index in [9.17, 15) is 4.79 Å². The molecule has 0 aliphatic heterocycles. The average molecular weight is 236 g/mol. The van der Waals surface area contributed by atoms with Crippen molar-refractivity contribution in [3.05, 3.63) is 24.0 Å². The molecule has 0 saturated carbocycles. The highest BCUT2D eigenvalue weighted by atomic mass is 32.2. The Morgan fingerprint density at radius 2 is 2.31 bits per heavy atom. The van der Waals surface area contributed by atoms with Crippen molar-refractivity contribution in [3.63, 3.8) is 0 Å². The Bertz CT molecular complexity index is 526. The highest BCUT2D eigenvalue weighted by molar-refractivity contribution is 7.98. The number of hydrogen-bond acceptors (Lipinski definition) is 5. The Kier molecular flexibility index (Phi) is 2.86. The SMILES string of the molecule is CSc1nccc(-c2cc(C(=O)O)[nH]n2)n1. The minimum Gasteiger partial charge on any atom is -0.477 e. The van der Waals surface area contributed by atoms with Gasteiger partial charge in [0.2, 0.25) is 0 Å². The van der Waals surface area contributed by atoms with Crippen LogP contribution in [0.15, 0.2) is 23.5 Å². The Balaban J connectivity index is 2.38. The van der Waals surface area contributed by atoms with E-state index < -0.39 is 5.97 Å². The van der Waals surface area contributed by atoms with Gasteiger partial charge in [0.1, 0.15) is 11.4 Å². The smallest absolute Gasteiger partial charge is 0.353 e. The molecule has 2 aromatic heterocycles. The molecule has 2 rings (SSSR count). The van der Waals surface area contributed by atoms with Crippen molar-refractivity contribution in [2.24, 2.45) is 0 Å². The van der Waals surface area contributed by atoms with Gasteiger partial charge in [0.15, 0.2) is 5.16 Å². The number of thioether (sulfide) groups is 1. The maximum absolute atomic E-state index is 10.7. The molecular weight excluding hydrogens is 228 g/mol. The van der Waals surface area contributed by atoms with Crippen molar-refractivity contribution in [1.29, 1.82) is 0 Å². The quantitative estimate of drug-likeness (QED) is 0.616. The van der Waals surface area contributed by atoms with Crippen LogP contribution in [-0.4, -0.2) is 37.5 Å². The number of aromatic nitrogens is 4. The van der Waals surface area contributed by atoms with Crippen LogP contribution in [0.25, 0.3) is 11.4 Å². The van der Waals surface area contributed by atoms with E-state index in [1.807, 2.05) is 6.26 Å². The summed E-state index contributed by atoms with van der Waals surface area (Å²) in [5.41, 5.74) is 1.14. The van der Waals surface area contributed by atoms with Crippen LogP contribution in [-0.2, 0) is 0 Å². The van der Waals surface area contributed by atoms with E-state index in [4.69, 9.17) is 5.11 Å². The largest absolute Gasteiger partial charge is 0.477 e. The van der Waals surface area contributed by atoms with Gasteiger partial charge in [-0.2, -0.15) is 5.10 Å². The summed E-state index contributed by atoms with van der Waals surface area (Å²) in [5, 5.41) is 15.7. The topological polar surface area (TPSA) is 91.8 Å². The number of aromatic amines is 1. The number of rotatable bonds is 3. The molecule has 0 amide bonds. The summed E-state index contributed by atoms with van der Waals surface area (Å²) in [6.45, 7) is 0. The monoisotopic (exact) mass is 236 g/mol. The molecule has 6 nitrogen and oxygen atoms in total. The second-order valence-electron chi connectivity index (χ2n) is 2.90. The van der Waals surface area contributed by atoms with Gasteiger partial charge in [-0.3, -0.25) is 5.10 Å². The molecule has 82 valence electrons. The summed E-state index contributed by atoms with van der Waals surface area (Å²) in [7, 11) is 0. The predicted octanol–water partition coefficient (Wildman–Crippen LogP) is 1.29. The number of nitrogens with zero attached hydrogens (tertiary/aromatic N) is 3. The fraction of sp³-hybridized carbons (Fsp3) is 0.111. The van der Waals surface area contributed by atoms with E-state index in [1.165, 1.54) is 17.8 Å². The molecule has 0 atom stereocenters. The van der Waals surface area contributed by atoms with E-state index in [0.717, 1.165) is 0 Å². The van der Waals surface area contributed by atoms with Crippen molar-refractivity contribution in [1.82, 2.24) is 20.2 Å². The van der Waals surface area contributed by atoms with Crippen molar-refractivity contribution in [2.75, 3.05) is 6.26 Å². The van der Waals surface area contributed by atoms with Crippen molar-refractivity contribution >= 4 is 17.7 Å². The van der Waals surface area contributed by atoms with E-state index in [-0.39, 0.29) is 5.69 Å². The first-order valence-corrected chi connectivity index (χ1v) is 5.59. The molecule has 0 unspecified atom stereocenters. The number of H-pyrrole nitrogens is 1. The molecule has 7 heteroatoms. The summed E-state index contributed by atoms with van der Waals surface area (Å²) in [6.07, 6.45) is 3.48. The van der Waals surface area contributed by atoms with Crippen LogP contribution in [0.3, 0.4) is 0 Å². The first-order valence-electron chi connectivity index (χ1n) is 4.37. The standard InChI is InChI=1S/C9H8N4O2S/c1-16-9-10-3-2-5(11-9)6-4-7(8(14)15)13-12-6/h2-4H,1H3,(H,12,13)(H,14,15). The second-order valence-corrected chi connectivity index (χ2v) is 3.67. The zero-order valence-electron chi connectivity index (χ0n) is 8.34. The lowest BCUT2D eigenvalue weighted by molar-refractivity contribution is 0.0690. The summed E-state index contributed by atoms with van der Waals surface area (Å²) in [5.74, 6) is -1.04. The third-order valence-corrected chi connectivity index (χ3v) is 2.45. The van der Waals surface area contributed by atoms with Gasteiger partial charge in [0.05, 0.1) is 5.69 Å². The fourth-order valence-corrected chi connectivity index (χ4v) is 1.50. The normalized spacial score (nSPS) is 10.3. The molecule has 2 N–H and O–H groups in total. The Labute approximate surface area is 95.1 Å². The maximum atomic E-state index is 10.7. The third kappa shape index (κ3) is 2.03. The zero-order valence-corrected chi connectivity index (χ0v) is 9.15. The molecule has 2 heterocycles. The van der Waals surface area contributed by atoms with E-state index in [0.29, 0.717) is 16.5 Å². The van der Waals surface area contributed by atoms with Gasteiger partial charge in [0.25, 0.3) is 0 Å². The number of carboxylic acids is 1. The Morgan fingerprint density at radius 3 is 2.94 bits per heavy atom. The third-order valence-electron chi connectivity index (χ3n) is 1.89. The molecule has 0 fully saturated rings. The molecule has 0 aromatic carbocycles. The fourth-order valence-electron chi connectivity index (χ4n) is 1.14.